The molecule has 0 aliphatic carbocycles. The fourth-order valence-electron chi connectivity index (χ4n) is 2.46. The van der Waals surface area contributed by atoms with Crippen LogP contribution in [0.4, 0.5) is 5.69 Å². The standard InChI is InChI=1S/C21H19N3O2/c1-15-8-5-6-11-17(15)24-21(26)19-13-7-12-18(23-19)20(25)22-14-16-9-3-2-4-10-16/h2-13H,14H2,1H3,(H,22,25)(H,24,26). The summed E-state index contributed by atoms with van der Waals surface area (Å²) >= 11 is 0. The van der Waals surface area contributed by atoms with Crippen molar-refractivity contribution in [2.24, 2.45) is 0 Å². The Hall–Kier alpha value is -3.47. The average molecular weight is 345 g/mol. The van der Waals surface area contributed by atoms with Crippen LogP contribution in [0.15, 0.2) is 72.8 Å². The topological polar surface area (TPSA) is 71.1 Å². The highest BCUT2D eigenvalue weighted by molar-refractivity contribution is 6.04. The maximum atomic E-state index is 12.4. The summed E-state index contributed by atoms with van der Waals surface area (Å²) in [5, 5.41) is 5.62. The van der Waals surface area contributed by atoms with Crippen LogP contribution >= 0.6 is 0 Å². The van der Waals surface area contributed by atoms with E-state index in [1.54, 1.807) is 18.2 Å². The first-order valence-electron chi connectivity index (χ1n) is 8.29. The van der Waals surface area contributed by atoms with Crippen LogP contribution < -0.4 is 10.6 Å². The van der Waals surface area contributed by atoms with Gasteiger partial charge in [-0.25, -0.2) is 4.98 Å². The first-order chi connectivity index (χ1) is 12.6. The average Bonchev–Trinajstić information content (AvgIpc) is 2.69. The molecule has 2 amide bonds. The minimum atomic E-state index is -0.350. The molecule has 3 aromatic rings. The number of aryl methyl sites for hydroxylation is 1. The second kappa shape index (κ2) is 8.07. The normalized spacial score (nSPS) is 10.2. The molecule has 2 N–H and O–H groups in total. The summed E-state index contributed by atoms with van der Waals surface area (Å²) in [7, 11) is 0. The van der Waals surface area contributed by atoms with Gasteiger partial charge in [0.2, 0.25) is 0 Å². The summed E-state index contributed by atoms with van der Waals surface area (Å²) in [4.78, 5) is 28.9. The molecular weight excluding hydrogens is 326 g/mol. The molecule has 0 unspecified atom stereocenters. The maximum Gasteiger partial charge on any atom is 0.274 e. The minimum Gasteiger partial charge on any atom is -0.347 e. The van der Waals surface area contributed by atoms with Crippen molar-refractivity contribution in [2.75, 3.05) is 5.32 Å². The van der Waals surface area contributed by atoms with E-state index in [0.717, 1.165) is 16.8 Å². The van der Waals surface area contributed by atoms with E-state index < -0.39 is 0 Å². The van der Waals surface area contributed by atoms with E-state index in [1.807, 2.05) is 61.5 Å². The molecule has 0 radical (unpaired) electrons. The first kappa shape index (κ1) is 17.4. The number of para-hydroxylation sites is 1. The lowest BCUT2D eigenvalue weighted by atomic mass is 10.2. The highest BCUT2D eigenvalue weighted by Gasteiger charge is 2.13. The van der Waals surface area contributed by atoms with Gasteiger partial charge in [0.15, 0.2) is 0 Å². The molecule has 5 nitrogen and oxygen atoms in total. The number of carbonyl (C=O) groups is 2. The lowest BCUT2D eigenvalue weighted by molar-refractivity contribution is 0.0945. The Morgan fingerprint density at radius 1 is 0.808 bits per heavy atom. The van der Waals surface area contributed by atoms with Crippen LogP contribution in [0.1, 0.15) is 32.1 Å². The van der Waals surface area contributed by atoms with Gasteiger partial charge >= 0.3 is 0 Å². The van der Waals surface area contributed by atoms with Crippen molar-refractivity contribution in [2.45, 2.75) is 13.5 Å². The SMILES string of the molecule is Cc1ccccc1NC(=O)c1cccc(C(=O)NCc2ccccc2)n1. The van der Waals surface area contributed by atoms with E-state index in [4.69, 9.17) is 0 Å². The van der Waals surface area contributed by atoms with Crippen LogP contribution in [0.25, 0.3) is 0 Å². The summed E-state index contributed by atoms with van der Waals surface area (Å²) in [5.41, 5.74) is 3.07. The number of hydrogen-bond acceptors (Lipinski definition) is 3. The Balaban J connectivity index is 1.68. The number of nitrogens with zero attached hydrogens (tertiary/aromatic N) is 1. The van der Waals surface area contributed by atoms with Gasteiger partial charge in [0, 0.05) is 12.2 Å². The zero-order valence-corrected chi connectivity index (χ0v) is 14.4. The zero-order chi connectivity index (χ0) is 18.4. The van der Waals surface area contributed by atoms with Crippen LogP contribution in [0.5, 0.6) is 0 Å². The van der Waals surface area contributed by atoms with Gasteiger partial charge in [-0.3, -0.25) is 9.59 Å². The van der Waals surface area contributed by atoms with Crippen LogP contribution in [0.2, 0.25) is 0 Å². The van der Waals surface area contributed by atoms with Gasteiger partial charge in [-0.2, -0.15) is 0 Å². The van der Waals surface area contributed by atoms with E-state index in [1.165, 1.54) is 0 Å². The van der Waals surface area contributed by atoms with Crippen LogP contribution in [-0.4, -0.2) is 16.8 Å². The van der Waals surface area contributed by atoms with Crippen molar-refractivity contribution >= 4 is 17.5 Å². The third-order valence-corrected chi connectivity index (χ3v) is 3.90. The van der Waals surface area contributed by atoms with Gasteiger partial charge < -0.3 is 10.6 Å². The molecule has 2 aromatic carbocycles. The minimum absolute atomic E-state index is 0.195. The van der Waals surface area contributed by atoms with Gasteiger partial charge in [0.1, 0.15) is 11.4 Å². The third kappa shape index (κ3) is 4.33. The summed E-state index contributed by atoms with van der Waals surface area (Å²) in [6.07, 6.45) is 0. The molecule has 0 saturated heterocycles. The van der Waals surface area contributed by atoms with Crippen LogP contribution in [0.3, 0.4) is 0 Å². The summed E-state index contributed by atoms with van der Waals surface area (Å²) in [6, 6.07) is 21.9. The van der Waals surface area contributed by atoms with Gasteiger partial charge in [-0.1, -0.05) is 54.6 Å². The van der Waals surface area contributed by atoms with Crippen LogP contribution in [0, 0.1) is 6.92 Å². The third-order valence-electron chi connectivity index (χ3n) is 3.90. The second-order valence-electron chi connectivity index (χ2n) is 5.85. The molecular formula is C21H19N3O2. The number of benzene rings is 2. The van der Waals surface area contributed by atoms with Crippen molar-refractivity contribution < 1.29 is 9.59 Å². The molecule has 3 rings (SSSR count). The largest absolute Gasteiger partial charge is 0.347 e. The van der Waals surface area contributed by atoms with Gasteiger partial charge in [-0.15, -0.1) is 0 Å². The molecule has 0 fully saturated rings. The van der Waals surface area contributed by atoms with E-state index >= 15 is 0 Å². The first-order valence-corrected chi connectivity index (χ1v) is 8.29. The number of anilines is 1. The van der Waals surface area contributed by atoms with Gasteiger partial charge in [-0.05, 0) is 36.2 Å². The van der Waals surface area contributed by atoms with Crippen molar-refractivity contribution in [3.8, 4) is 0 Å². The number of hydrogen-bond donors (Lipinski definition) is 2. The molecule has 0 saturated carbocycles. The second-order valence-corrected chi connectivity index (χ2v) is 5.85. The van der Waals surface area contributed by atoms with Crippen molar-refractivity contribution in [1.82, 2.24) is 10.3 Å². The zero-order valence-electron chi connectivity index (χ0n) is 14.4. The predicted octanol–water partition coefficient (Wildman–Crippen LogP) is 3.57. The highest BCUT2D eigenvalue weighted by atomic mass is 16.2. The molecule has 0 aliphatic rings. The van der Waals surface area contributed by atoms with E-state index in [0.29, 0.717) is 6.54 Å². The Kier molecular flexibility index (Phi) is 5.39. The number of pyridine rings is 1. The van der Waals surface area contributed by atoms with Crippen molar-refractivity contribution in [3.05, 3.63) is 95.3 Å². The fourth-order valence-corrected chi connectivity index (χ4v) is 2.46. The molecule has 1 heterocycles. The predicted molar refractivity (Wildman–Crippen MR) is 101 cm³/mol. The van der Waals surface area contributed by atoms with E-state index in [2.05, 4.69) is 15.6 Å². The van der Waals surface area contributed by atoms with E-state index in [-0.39, 0.29) is 23.2 Å². The number of carbonyl (C=O) groups excluding carboxylic acids is 2. The highest BCUT2D eigenvalue weighted by Crippen LogP contribution is 2.14. The molecule has 1 aromatic heterocycles. The van der Waals surface area contributed by atoms with Crippen molar-refractivity contribution in [1.29, 1.82) is 0 Å². The summed E-state index contributed by atoms with van der Waals surface area (Å²) in [5.74, 6) is -0.670. The monoisotopic (exact) mass is 345 g/mol. The molecule has 0 bridgehead atoms. The number of aromatic nitrogens is 1. The molecule has 0 atom stereocenters. The number of nitrogens with one attached hydrogen (secondary N) is 2. The Morgan fingerprint density at radius 2 is 1.46 bits per heavy atom. The maximum absolute atomic E-state index is 12.4. The quantitative estimate of drug-likeness (QED) is 0.742. The van der Waals surface area contributed by atoms with Crippen LogP contribution in [-0.2, 0) is 6.54 Å². The summed E-state index contributed by atoms with van der Waals surface area (Å²) in [6.45, 7) is 2.32. The molecule has 5 heteroatoms. The number of amides is 2. The summed E-state index contributed by atoms with van der Waals surface area (Å²) < 4.78 is 0. The smallest absolute Gasteiger partial charge is 0.274 e. The van der Waals surface area contributed by atoms with E-state index in [9.17, 15) is 9.59 Å². The molecule has 0 spiro atoms. The molecule has 130 valence electrons. The number of rotatable bonds is 5. The fraction of sp³-hybridized carbons (Fsp3) is 0.0952. The van der Waals surface area contributed by atoms with Gasteiger partial charge in [0.05, 0.1) is 0 Å². The Labute approximate surface area is 152 Å². The van der Waals surface area contributed by atoms with Crippen molar-refractivity contribution in [3.63, 3.8) is 0 Å². The Bertz CT molecular complexity index is 923. The lowest BCUT2D eigenvalue weighted by Crippen LogP contribution is -2.25. The molecule has 26 heavy (non-hydrogen) atoms. The Morgan fingerprint density at radius 3 is 2.19 bits per heavy atom. The van der Waals surface area contributed by atoms with Gasteiger partial charge in [0.25, 0.3) is 11.8 Å². The lowest BCUT2D eigenvalue weighted by Gasteiger charge is -2.09. The molecule has 0 aliphatic heterocycles.